The van der Waals surface area contributed by atoms with Crippen LogP contribution in [-0.2, 0) is 32.6 Å². The molecule has 2 aromatic carbocycles. The molecule has 11 heteroatoms. The van der Waals surface area contributed by atoms with Gasteiger partial charge in [-0.25, -0.2) is 13.1 Å². The molecule has 1 N–H and O–H groups in total. The van der Waals surface area contributed by atoms with Crippen LogP contribution in [0.5, 0.6) is 5.75 Å². The van der Waals surface area contributed by atoms with Crippen LogP contribution in [-0.4, -0.2) is 67.0 Å². The van der Waals surface area contributed by atoms with Crippen LogP contribution in [0, 0.1) is 0 Å². The summed E-state index contributed by atoms with van der Waals surface area (Å²) in [6.07, 6.45) is 1.96. The second-order valence-corrected chi connectivity index (χ2v) is 10.0. The van der Waals surface area contributed by atoms with Gasteiger partial charge in [0.1, 0.15) is 17.3 Å². The van der Waals surface area contributed by atoms with Crippen molar-refractivity contribution in [3.05, 3.63) is 48.0 Å². The molecule has 1 saturated heterocycles. The highest BCUT2D eigenvalue weighted by molar-refractivity contribution is 7.89. The summed E-state index contributed by atoms with van der Waals surface area (Å²) in [7, 11) is -0.712. The van der Waals surface area contributed by atoms with Crippen molar-refractivity contribution in [3.8, 4) is 5.75 Å². The summed E-state index contributed by atoms with van der Waals surface area (Å²) in [5, 5.41) is 11.1. The smallest absolute Gasteiger partial charge is 0.243 e. The summed E-state index contributed by atoms with van der Waals surface area (Å²) >= 11 is 0. The van der Waals surface area contributed by atoms with Crippen molar-refractivity contribution >= 4 is 27.0 Å². The molecule has 1 fully saturated rings. The normalized spacial score (nSPS) is 17.1. The van der Waals surface area contributed by atoms with Gasteiger partial charge in [-0.3, -0.25) is 4.79 Å². The van der Waals surface area contributed by atoms with E-state index in [0.717, 1.165) is 17.5 Å². The lowest BCUT2D eigenvalue weighted by Crippen LogP contribution is -2.51. The van der Waals surface area contributed by atoms with Crippen LogP contribution < -0.4 is 10.1 Å². The minimum Gasteiger partial charge on any atom is -0.497 e. The minimum absolute atomic E-state index is 0.103. The van der Waals surface area contributed by atoms with Gasteiger partial charge in [0.25, 0.3) is 0 Å². The molecule has 34 heavy (non-hydrogen) atoms. The summed E-state index contributed by atoms with van der Waals surface area (Å²) in [6, 6.07) is 11.4. The average Bonchev–Trinajstić information content (AvgIpc) is 3.28. The maximum Gasteiger partial charge on any atom is 0.243 e. The van der Waals surface area contributed by atoms with Crippen molar-refractivity contribution in [1.29, 1.82) is 0 Å². The second-order valence-electron chi connectivity index (χ2n) is 8.15. The number of piperidine rings is 1. The predicted octanol–water partition coefficient (Wildman–Crippen LogP) is 1.95. The molecular formula is C23H29N5O5S. The van der Waals surface area contributed by atoms with Crippen LogP contribution in [0.4, 0.5) is 0 Å². The van der Waals surface area contributed by atoms with Gasteiger partial charge in [-0.1, -0.05) is 23.8 Å². The van der Waals surface area contributed by atoms with E-state index in [-0.39, 0.29) is 23.9 Å². The highest BCUT2D eigenvalue weighted by atomic mass is 32.2. The van der Waals surface area contributed by atoms with E-state index in [0.29, 0.717) is 37.3 Å². The lowest BCUT2D eigenvalue weighted by Gasteiger charge is -2.33. The van der Waals surface area contributed by atoms with E-state index in [1.165, 1.54) is 10.4 Å². The summed E-state index contributed by atoms with van der Waals surface area (Å²) in [6.45, 7) is 1.56. The number of benzene rings is 2. The summed E-state index contributed by atoms with van der Waals surface area (Å²) in [5.41, 5.74) is 2.08. The van der Waals surface area contributed by atoms with Crippen molar-refractivity contribution < 1.29 is 22.7 Å². The fourth-order valence-electron chi connectivity index (χ4n) is 4.13. The number of carbonyl (C=O) groups is 1. The van der Waals surface area contributed by atoms with Crippen molar-refractivity contribution in [1.82, 2.24) is 24.6 Å². The molecule has 1 atom stereocenters. The number of sulfonamides is 1. The van der Waals surface area contributed by atoms with Crippen molar-refractivity contribution in [3.63, 3.8) is 0 Å². The Hall–Kier alpha value is -3.02. The zero-order chi connectivity index (χ0) is 24.1. The standard InChI is InChI=1S/C23H29N5O5S/c1-32-13-12-27-21-10-9-19(15-20(21)25-26-27)34(30,31)28-11-4-3-8-22(28)23(29)24-16-17-6-5-7-18(14-17)33-2/h5-7,9-10,14-15,22H,3-4,8,11-13,16H2,1-2H3,(H,24,29). The number of fused-ring (bicyclic) bond motifs is 1. The Morgan fingerprint density at radius 1 is 1.18 bits per heavy atom. The topological polar surface area (TPSA) is 116 Å². The number of aromatic nitrogens is 3. The molecule has 182 valence electrons. The van der Waals surface area contributed by atoms with Crippen LogP contribution in [0.3, 0.4) is 0 Å². The van der Waals surface area contributed by atoms with E-state index in [4.69, 9.17) is 9.47 Å². The Kier molecular flexibility index (Phi) is 7.44. The molecule has 0 bridgehead atoms. The Labute approximate surface area is 198 Å². The van der Waals surface area contributed by atoms with Crippen molar-refractivity contribution in [2.75, 3.05) is 27.4 Å². The maximum absolute atomic E-state index is 13.5. The Morgan fingerprint density at radius 3 is 2.82 bits per heavy atom. The van der Waals surface area contributed by atoms with Crippen LogP contribution in [0.25, 0.3) is 11.0 Å². The van der Waals surface area contributed by atoms with Gasteiger partial charge in [0.2, 0.25) is 15.9 Å². The van der Waals surface area contributed by atoms with Crippen molar-refractivity contribution in [2.24, 2.45) is 0 Å². The highest BCUT2D eigenvalue weighted by Gasteiger charge is 2.37. The number of rotatable bonds is 9. The third-order valence-corrected chi connectivity index (χ3v) is 7.86. The van der Waals surface area contributed by atoms with Crippen LogP contribution >= 0.6 is 0 Å². The van der Waals surface area contributed by atoms with E-state index in [1.807, 2.05) is 24.3 Å². The van der Waals surface area contributed by atoms with E-state index < -0.39 is 16.1 Å². The molecule has 1 amide bonds. The second kappa shape index (κ2) is 10.5. The van der Waals surface area contributed by atoms with Crippen LogP contribution in [0.1, 0.15) is 24.8 Å². The third kappa shape index (κ3) is 5.06. The monoisotopic (exact) mass is 487 g/mol. The van der Waals surface area contributed by atoms with Gasteiger partial charge in [0, 0.05) is 20.2 Å². The van der Waals surface area contributed by atoms with Crippen molar-refractivity contribution in [2.45, 2.75) is 43.3 Å². The molecule has 4 rings (SSSR count). The van der Waals surface area contributed by atoms with Crippen LogP contribution in [0.2, 0.25) is 0 Å². The number of methoxy groups -OCH3 is 2. The molecule has 10 nitrogen and oxygen atoms in total. The lowest BCUT2D eigenvalue weighted by atomic mass is 10.0. The van der Waals surface area contributed by atoms with Gasteiger partial charge in [-0.2, -0.15) is 4.31 Å². The fraction of sp³-hybridized carbons (Fsp3) is 0.435. The van der Waals surface area contributed by atoms with Gasteiger partial charge in [-0.05, 0) is 48.7 Å². The molecule has 1 aliphatic rings. The number of carbonyl (C=O) groups excluding carboxylic acids is 1. The number of nitrogens with zero attached hydrogens (tertiary/aromatic N) is 4. The third-order valence-electron chi connectivity index (χ3n) is 5.96. The lowest BCUT2D eigenvalue weighted by molar-refractivity contribution is -0.125. The molecule has 2 heterocycles. The first-order valence-electron chi connectivity index (χ1n) is 11.2. The molecule has 0 aliphatic carbocycles. The first-order valence-corrected chi connectivity index (χ1v) is 12.6. The van der Waals surface area contributed by atoms with Crippen LogP contribution in [0.15, 0.2) is 47.4 Å². The number of hydrogen-bond acceptors (Lipinski definition) is 7. The molecular weight excluding hydrogens is 458 g/mol. The largest absolute Gasteiger partial charge is 0.497 e. The number of ether oxygens (including phenoxy) is 2. The molecule has 3 aromatic rings. The Bertz CT molecular complexity index is 1260. The zero-order valence-electron chi connectivity index (χ0n) is 19.3. The van der Waals surface area contributed by atoms with E-state index in [1.54, 1.807) is 31.0 Å². The molecule has 1 unspecified atom stereocenters. The van der Waals surface area contributed by atoms with Gasteiger partial charge in [0.05, 0.1) is 30.7 Å². The zero-order valence-corrected chi connectivity index (χ0v) is 20.1. The molecule has 0 saturated carbocycles. The molecule has 1 aliphatic heterocycles. The van der Waals surface area contributed by atoms with Gasteiger partial charge in [-0.15, -0.1) is 5.10 Å². The first kappa shape index (κ1) is 24.1. The Morgan fingerprint density at radius 2 is 2.03 bits per heavy atom. The Balaban J connectivity index is 1.52. The number of amides is 1. The number of hydrogen-bond donors (Lipinski definition) is 1. The fourth-order valence-corrected chi connectivity index (χ4v) is 5.81. The minimum atomic E-state index is -3.90. The summed E-state index contributed by atoms with van der Waals surface area (Å²) < 4.78 is 40.4. The van der Waals surface area contributed by atoms with E-state index >= 15 is 0 Å². The SMILES string of the molecule is COCCn1nnc2cc(S(=O)(=O)N3CCCCC3C(=O)NCc3cccc(OC)c3)ccc21. The number of nitrogens with one attached hydrogen (secondary N) is 1. The highest BCUT2D eigenvalue weighted by Crippen LogP contribution is 2.27. The molecule has 1 aromatic heterocycles. The average molecular weight is 488 g/mol. The quantitative estimate of drug-likeness (QED) is 0.490. The van der Waals surface area contributed by atoms with Gasteiger partial charge >= 0.3 is 0 Å². The van der Waals surface area contributed by atoms with Gasteiger partial charge in [0.15, 0.2) is 0 Å². The summed E-state index contributed by atoms with van der Waals surface area (Å²) in [5.74, 6) is 0.390. The first-order chi connectivity index (χ1) is 16.4. The van der Waals surface area contributed by atoms with Gasteiger partial charge < -0.3 is 14.8 Å². The molecule has 0 spiro atoms. The summed E-state index contributed by atoms with van der Waals surface area (Å²) in [4.78, 5) is 13.1. The van der Waals surface area contributed by atoms with E-state index in [2.05, 4.69) is 15.6 Å². The molecule has 0 radical (unpaired) electrons. The predicted molar refractivity (Wildman–Crippen MR) is 126 cm³/mol. The van der Waals surface area contributed by atoms with E-state index in [9.17, 15) is 13.2 Å². The maximum atomic E-state index is 13.5.